The molecule has 0 spiro atoms. The lowest BCUT2D eigenvalue weighted by Gasteiger charge is -2.05. The lowest BCUT2D eigenvalue weighted by molar-refractivity contribution is 0.0692. The molecular formula is C14H9FO3. The molecule has 4 heteroatoms. The molecule has 18 heavy (non-hydrogen) atoms. The molecule has 0 radical (unpaired) electrons. The van der Waals surface area contributed by atoms with Crippen LogP contribution >= 0.6 is 0 Å². The fourth-order valence-electron chi connectivity index (χ4n) is 1.64. The summed E-state index contributed by atoms with van der Waals surface area (Å²) in [5.74, 6) is -2.45. The van der Waals surface area contributed by atoms with Gasteiger partial charge in [-0.25, -0.2) is 9.18 Å². The van der Waals surface area contributed by atoms with E-state index < -0.39 is 17.6 Å². The third kappa shape index (κ3) is 2.27. The second-order valence-corrected chi connectivity index (χ2v) is 3.69. The van der Waals surface area contributed by atoms with Gasteiger partial charge < -0.3 is 5.11 Å². The number of carbonyl (C=O) groups is 2. The zero-order chi connectivity index (χ0) is 13.1. The molecular weight excluding hydrogens is 235 g/mol. The van der Waals surface area contributed by atoms with Gasteiger partial charge >= 0.3 is 5.97 Å². The molecule has 90 valence electrons. The van der Waals surface area contributed by atoms with E-state index in [4.69, 9.17) is 5.11 Å². The number of carboxylic acid groups (broad SMARTS) is 1. The molecule has 2 aromatic rings. The first-order chi connectivity index (χ1) is 8.59. The molecule has 1 N–H and O–H groups in total. The van der Waals surface area contributed by atoms with Gasteiger partial charge in [0.2, 0.25) is 0 Å². The third-order valence-corrected chi connectivity index (χ3v) is 2.49. The van der Waals surface area contributed by atoms with Gasteiger partial charge in [0.1, 0.15) is 5.82 Å². The molecule has 0 aromatic heterocycles. The molecule has 3 nitrogen and oxygen atoms in total. The van der Waals surface area contributed by atoms with Crippen molar-refractivity contribution in [3.05, 3.63) is 71.0 Å². The number of benzene rings is 2. The molecule has 2 rings (SSSR count). The van der Waals surface area contributed by atoms with E-state index in [0.29, 0.717) is 5.56 Å². The molecule has 2 aromatic carbocycles. The summed E-state index contributed by atoms with van der Waals surface area (Å²) in [7, 11) is 0. The highest BCUT2D eigenvalue weighted by Gasteiger charge is 2.18. The normalized spacial score (nSPS) is 10.1. The van der Waals surface area contributed by atoms with Gasteiger partial charge in [0.15, 0.2) is 5.78 Å². The van der Waals surface area contributed by atoms with Crippen LogP contribution in [-0.2, 0) is 0 Å². The third-order valence-electron chi connectivity index (χ3n) is 2.49. The highest BCUT2D eigenvalue weighted by Crippen LogP contribution is 2.16. The first kappa shape index (κ1) is 12.0. The molecule has 0 bridgehead atoms. The number of halogens is 1. The molecule has 0 fully saturated rings. The minimum atomic E-state index is -1.33. The van der Waals surface area contributed by atoms with E-state index >= 15 is 0 Å². The molecule has 0 amide bonds. The van der Waals surface area contributed by atoms with E-state index in [1.165, 1.54) is 6.07 Å². The van der Waals surface area contributed by atoms with Crippen LogP contribution in [-0.4, -0.2) is 16.9 Å². The fraction of sp³-hybridized carbons (Fsp3) is 0. The van der Waals surface area contributed by atoms with Crippen LogP contribution < -0.4 is 0 Å². The first-order valence-corrected chi connectivity index (χ1v) is 5.22. The van der Waals surface area contributed by atoms with Gasteiger partial charge in [0.05, 0.1) is 5.56 Å². The van der Waals surface area contributed by atoms with Gasteiger partial charge in [-0.05, 0) is 18.2 Å². The predicted octanol–water partition coefficient (Wildman–Crippen LogP) is 2.75. The van der Waals surface area contributed by atoms with Gasteiger partial charge in [-0.1, -0.05) is 30.3 Å². The Morgan fingerprint density at radius 1 is 0.944 bits per heavy atom. The fourth-order valence-corrected chi connectivity index (χ4v) is 1.64. The summed E-state index contributed by atoms with van der Waals surface area (Å²) in [5.41, 5.74) is 0.0190. The molecule has 0 aliphatic rings. The average Bonchev–Trinajstić information content (AvgIpc) is 2.39. The summed E-state index contributed by atoms with van der Waals surface area (Å²) in [6.07, 6.45) is 0. The Labute approximate surface area is 103 Å². The minimum absolute atomic E-state index is 0.0184. The smallest absolute Gasteiger partial charge is 0.336 e. The maximum absolute atomic E-state index is 13.0. The van der Waals surface area contributed by atoms with E-state index in [0.717, 1.165) is 12.1 Å². The Balaban J connectivity index is 2.52. The predicted molar refractivity (Wildman–Crippen MR) is 63.2 cm³/mol. The zero-order valence-corrected chi connectivity index (χ0v) is 9.26. The van der Waals surface area contributed by atoms with Crippen molar-refractivity contribution in [2.45, 2.75) is 0 Å². The summed E-state index contributed by atoms with van der Waals surface area (Å²) in [5, 5.41) is 8.97. The number of carboxylic acids is 1. The van der Waals surface area contributed by atoms with E-state index in [9.17, 15) is 14.0 Å². The van der Waals surface area contributed by atoms with E-state index in [1.54, 1.807) is 30.3 Å². The Morgan fingerprint density at radius 2 is 1.61 bits per heavy atom. The van der Waals surface area contributed by atoms with Gasteiger partial charge in [-0.3, -0.25) is 4.79 Å². The lowest BCUT2D eigenvalue weighted by Crippen LogP contribution is -2.10. The van der Waals surface area contributed by atoms with Crippen LogP contribution in [0.3, 0.4) is 0 Å². The molecule has 0 aliphatic heterocycles. The maximum Gasteiger partial charge on any atom is 0.336 e. The van der Waals surface area contributed by atoms with Gasteiger partial charge in [0, 0.05) is 11.1 Å². The van der Waals surface area contributed by atoms with E-state index in [-0.39, 0.29) is 11.1 Å². The Bertz CT molecular complexity index is 606. The van der Waals surface area contributed by atoms with Crippen molar-refractivity contribution in [3.63, 3.8) is 0 Å². The van der Waals surface area contributed by atoms with Gasteiger partial charge in [0.25, 0.3) is 0 Å². The number of carbonyl (C=O) groups excluding carboxylic acids is 1. The topological polar surface area (TPSA) is 54.4 Å². The van der Waals surface area contributed by atoms with Crippen LogP contribution in [0.25, 0.3) is 0 Å². The van der Waals surface area contributed by atoms with Crippen LogP contribution in [0.1, 0.15) is 26.3 Å². The van der Waals surface area contributed by atoms with Crippen LogP contribution in [0.2, 0.25) is 0 Å². The van der Waals surface area contributed by atoms with Crippen molar-refractivity contribution in [3.8, 4) is 0 Å². The molecule has 0 saturated heterocycles. The van der Waals surface area contributed by atoms with Crippen molar-refractivity contribution in [2.75, 3.05) is 0 Å². The van der Waals surface area contributed by atoms with Crippen LogP contribution in [0, 0.1) is 5.82 Å². The van der Waals surface area contributed by atoms with Crippen molar-refractivity contribution < 1.29 is 19.1 Å². The molecule has 0 heterocycles. The SMILES string of the molecule is O=C(O)c1cc(F)ccc1C(=O)c1ccccc1. The Kier molecular flexibility index (Phi) is 3.19. The molecule has 0 atom stereocenters. The summed E-state index contributed by atoms with van der Waals surface area (Å²) in [6.45, 7) is 0. The number of hydrogen-bond acceptors (Lipinski definition) is 2. The summed E-state index contributed by atoms with van der Waals surface area (Å²) in [4.78, 5) is 23.1. The largest absolute Gasteiger partial charge is 0.478 e. The van der Waals surface area contributed by atoms with Crippen molar-refractivity contribution >= 4 is 11.8 Å². The monoisotopic (exact) mass is 244 g/mol. The van der Waals surface area contributed by atoms with Crippen LogP contribution in [0.15, 0.2) is 48.5 Å². The highest BCUT2D eigenvalue weighted by molar-refractivity contribution is 6.14. The van der Waals surface area contributed by atoms with Crippen LogP contribution in [0.5, 0.6) is 0 Å². The van der Waals surface area contributed by atoms with Gasteiger partial charge in [-0.15, -0.1) is 0 Å². The summed E-state index contributed by atoms with van der Waals surface area (Å²) >= 11 is 0. The Morgan fingerprint density at radius 3 is 2.22 bits per heavy atom. The minimum Gasteiger partial charge on any atom is -0.478 e. The number of rotatable bonds is 3. The average molecular weight is 244 g/mol. The standard InChI is InChI=1S/C14H9FO3/c15-10-6-7-11(12(8-10)14(17)18)13(16)9-4-2-1-3-5-9/h1-8H,(H,17,18). The number of hydrogen-bond donors (Lipinski definition) is 1. The van der Waals surface area contributed by atoms with Crippen LogP contribution in [0.4, 0.5) is 4.39 Å². The van der Waals surface area contributed by atoms with E-state index in [2.05, 4.69) is 0 Å². The summed E-state index contributed by atoms with van der Waals surface area (Å²) in [6, 6.07) is 11.4. The number of ketones is 1. The quantitative estimate of drug-likeness (QED) is 0.844. The molecule has 0 unspecified atom stereocenters. The second kappa shape index (κ2) is 4.79. The van der Waals surface area contributed by atoms with Gasteiger partial charge in [-0.2, -0.15) is 0 Å². The van der Waals surface area contributed by atoms with Crippen molar-refractivity contribution in [1.29, 1.82) is 0 Å². The maximum atomic E-state index is 13.0. The zero-order valence-electron chi connectivity index (χ0n) is 9.26. The summed E-state index contributed by atoms with van der Waals surface area (Å²) < 4.78 is 13.0. The van der Waals surface area contributed by atoms with Crippen molar-refractivity contribution in [1.82, 2.24) is 0 Å². The Hall–Kier alpha value is -2.49. The second-order valence-electron chi connectivity index (χ2n) is 3.69. The highest BCUT2D eigenvalue weighted by atomic mass is 19.1. The van der Waals surface area contributed by atoms with E-state index in [1.807, 2.05) is 0 Å². The van der Waals surface area contributed by atoms with Crippen molar-refractivity contribution in [2.24, 2.45) is 0 Å². The lowest BCUT2D eigenvalue weighted by atomic mass is 9.98. The molecule has 0 aliphatic carbocycles. The molecule has 0 saturated carbocycles. The number of aromatic carboxylic acids is 1. The first-order valence-electron chi connectivity index (χ1n) is 5.22.